The predicted molar refractivity (Wildman–Crippen MR) is 227 cm³/mol. The number of carbonyl (C=O) groups is 2. The summed E-state index contributed by atoms with van der Waals surface area (Å²) in [6, 6.07) is 11.0. The number of amides is 2. The van der Waals surface area contributed by atoms with Crippen molar-refractivity contribution in [1.82, 2.24) is 9.80 Å². The third-order valence-corrected chi connectivity index (χ3v) is 11.8. The summed E-state index contributed by atoms with van der Waals surface area (Å²) in [5, 5.41) is 0. The van der Waals surface area contributed by atoms with Gasteiger partial charge in [0.25, 0.3) is 0 Å². The zero-order chi connectivity index (χ0) is 47.4. The molecule has 2 aliphatic rings. The SMILES string of the molecule is COc1cc(/C=C/Cc2cc(OC)c(OC)cc2C[C@@H]2c3cc(OC)c(OC)cc3CCN2C(=O)C(F)(F)F)c(C[C@H]2c3cc(OC)c(OC)cc3CCN2C(=O)C(F)(F)F)cc1OC. The lowest BCUT2D eigenvalue weighted by Gasteiger charge is -2.38. The van der Waals surface area contributed by atoms with Crippen LogP contribution in [0.25, 0.3) is 6.08 Å². The summed E-state index contributed by atoms with van der Waals surface area (Å²) in [5.41, 5.74) is 4.45. The lowest BCUT2D eigenvalue weighted by molar-refractivity contribution is -0.188. The summed E-state index contributed by atoms with van der Waals surface area (Å²) in [5.74, 6) is -1.40. The molecular weight excluding hydrogens is 867 g/mol. The lowest BCUT2D eigenvalue weighted by Crippen LogP contribution is -2.47. The monoisotopic (exact) mass is 916 g/mol. The molecule has 2 heterocycles. The van der Waals surface area contributed by atoms with Crippen LogP contribution in [0.3, 0.4) is 0 Å². The molecule has 0 aromatic heterocycles. The van der Waals surface area contributed by atoms with E-state index < -0.39 is 36.3 Å². The summed E-state index contributed by atoms with van der Waals surface area (Å²) in [7, 11) is 11.4. The van der Waals surface area contributed by atoms with Crippen LogP contribution in [0.1, 0.15) is 56.6 Å². The van der Waals surface area contributed by atoms with Crippen molar-refractivity contribution in [2.75, 3.05) is 70.0 Å². The quantitative estimate of drug-likeness (QED) is 0.108. The van der Waals surface area contributed by atoms with Gasteiger partial charge in [-0.3, -0.25) is 9.59 Å². The molecule has 4 aromatic rings. The molecule has 0 saturated carbocycles. The Morgan fingerprint density at radius 2 is 0.846 bits per heavy atom. The maximum Gasteiger partial charge on any atom is 0.471 e. The Kier molecular flexibility index (Phi) is 14.6. The molecule has 0 N–H and O–H groups in total. The molecule has 0 spiro atoms. The van der Waals surface area contributed by atoms with Crippen molar-refractivity contribution in [2.45, 2.75) is 56.5 Å². The van der Waals surface area contributed by atoms with Crippen molar-refractivity contribution in [2.24, 2.45) is 0 Å². The van der Waals surface area contributed by atoms with Crippen LogP contribution in [0.15, 0.2) is 54.6 Å². The fourth-order valence-corrected chi connectivity index (χ4v) is 8.65. The van der Waals surface area contributed by atoms with E-state index in [9.17, 15) is 35.9 Å². The Bertz CT molecular complexity index is 2440. The molecule has 0 saturated heterocycles. The van der Waals surface area contributed by atoms with Crippen LogP contribution in [0.4, 0.5) is 26.3 Å². The van der Waals surface area contributed by atoms with Crippen LogP contribution in [-0.2, 0) is 41.7 Å². The summed E-state index contributed by atoms with van der Waals surface area (Å²) in [6.07, 6.45) is -6.53. The number of methoxy groups -OCH3 is 8. The second-order valence-corrected chi connectivity index (χ2v) is 15.2. The highest BCUT2D eigenvalue weighted by atomic mass is 19.4. The molecule has 0 unspecified atom stereocenters. The van der Waals surface area contributed by atoms with Gasteiger partial charge in [-0.15, -0.1) is 0 Å². The number of carbonyl (C=O) groups excluding carboxylic acids is 2. The average molecular weight is 917 g/mol. The first-order valence-corrected chi connectivity index (χ1v) is 20.3. The van der Waals surface area contributed by atoms with E-state index in [0.717, 1.165) is 9.80 Å². The van der Waals surface area contributed by atoms with Crippen LogP contribution in [-0.4, -0.2) is 104 Å². The Morgan fingerprint density at radius 1 is 0.508 bits per heavy atom. The molecule has 2 amide bonds. The van der Waals surface area contributed by atoms with E-state index in [0.29, 0.717) is 79.0 Å². The average Bonchev–Trinajstić information content (AvgIpc) is 3.29. The highest BCUT2D eigenvalue weighted by molar-refractivity contribution is 5.83. The van der Waals surface area contributed by atoms with E-state index in [4.69, 9.17) is 37.9 Å². The van der Waals surface area contributed by atoms with Gasteiger partial charge in [0, 0.05) is 13.1 Å². The first-order chi connectivity index (χ1) is 30.9. The molecule has 65 heavy (non-hydrogen) atoms. The molecule has 0 fully saturated rings. The van der Waals surface area contributed by atoms with Gasteiger partial charge in [0.15, 0.2) is 46.0 Å². The minimum absolute atomic E-state index is 0.0756. The predicted octanol–water partition coefficient (Wildman–Crippen LogP) is 8.47. The molecule has 2 atom stereocenters. The normalized spacial score (nSPS) is 16.1. The second-order valence-electron chi connectivity index (χ2n) is 15.2. The summed E-state index contributed by atoms with van der Waals surface area (Å²) < 4.78 is 129. The zero-order valence-corrected chi connectivity index (χ0v) is 37.1. The number of fused-ring (bicyclic) bond motifs is 2. The first-order valence-electron chi connectivity index (χ1n) is 20.3. The van der Waals surface area contributed by atoms with E-state index >= 15 is 0 Å². The number of hydrogen-bond acceptors (Lipinski definition) is 10. The van der Waals surface area contributed by atoms with Crippen molar-refractivity contribution in [3.8, 4) is 46.0 Å². The van der Waals surface area contributed by atoms with E-state index in [2.05, 4.69) is 0 Å². The van der Waals surface area contributed by atoms with Crippen LogP contribution >= 0.6 is 0 Å². The van der Waals surface area contributed by atoms with Crippen LogP contribution in [0.5, 0.6) is 46.0 Å². The van der Waals surface area contributed by atoms with Crippen molar-refractivity contribution < 1.29 is 73.8 Å². The van der Waals surface area contributed by atoms with Crippen molar-refractivity contribution >= 4 is 17.9 Å². The maximum absolute atomic E-state index is 14.2. The van der Waals surface area contributed by atoms with Crippen molar-refractivity contribution in [3.05, 3.63) is 99.1 Å². The molecule has 0 bridgehead atoms. The molecule has 0 aliphatic carbocycles. The van der Waals surface area contributed by atoms with Gasteiger partial charge in [-0.1, -0.05) is 12.2 Å². The fraction of sp³-hybridized carbons (Fsp3) is 0.404. The first kappa shape index (κ1) is 48.0. The number of ether oxygens (including phenoxy) is 8. The Morgan fingerprint density at radius 3 is 1.25 bits per heavy atom. The number of allylic oxidation sites excluding steroid dienone is 1. The molecular formula is C47H50F6N2O10. The summed E-state index contributed by atoms with van der Waals surface area (Å²) in [4.78, 5) is 27.7. The Labute approximate surface area is 372 Å². The molecule has 4 aromatic carbocycles. The van der Waals surface area contributed by atoms with Gasteiger partial charge >= 0.3 is 24.2 Å². The van der Waals surface area contributed by atoms with Gasteiger partial charge in [0.2, 0.25) is 0 Å². The van der Waals surface area contributed by atoms with Crippen LogP contribution in [0.2, 0.25) is 0 Å². The van der Waals surface area contributed by atoms with Crippen LogP contribution < -0.4 is 37.9 Å². The summed E-state index contributed by atoms with van der Waals surface area (Å²) >= 11 is 0. The zero-order valence-electron chi connectivity index (χ0n) is 37.1. The molecule has 2 aliphatic heterocycles. The van der Waals surface area contributed by atoms with Gasteiger partial charge in [0.05, 0.1) is 69.0 Å². The van der Waals surface area contributed by atoms with Crippen molar-refractivity contribution in [3.63, 3.8) is 0 Å². The highest BCUT2D eigenvalue weighted by Crippen LogP contribution is 2.45. The number of rotatable bonds is 15. The van der Waals surface area contributed by atoms with E-state index in [1.165, 1.54) is 56.9 Å². The van der Waals surface area contributed by atoms with Gasteiger partial charge in [-0.25, -0.2) is 0 Å². The van der Waals surface area contributed by atoms with Crippen molar-refractivity contribution in [1.29, 1.82) is 0 Å². The molecule has 0 radical (unpaired) electrons. The Balaban J connectivity index is 1.44. The minimum Gasteiger partial charge on any atom is -0.493 e. The van der Waals surface area contributed by atoms with E-state index in [-0.39, 0.29) is 56.7 Å². The maximum atomic E-state index is 14.2. The second kappa shape index (κ2) is 19.7. The van der Waals surface area contributed by atoms with Gasteiger partial charge in [0.1, 0.15) is 0 Å². The third kappa shape index (κ3) is 9.95. The number of halogens is 6. The van der Waals surface area contributed by atoms with E-state index in [1.807, 2.05) is 0 Å². The van der Waals surface area contributed by atoms with Crippen LogP contribution in [0, 0.1) is 0 Å². The lowest BCUT2D eigenvalue weighted by atomic mass is 9.86. The van der Waals surface area contributed by atoms with Gasteiger partial charge in [-0.2, -0.15) is 26.3 Å². The topological polar surface area (TPSA) is 114 Å². The van der Waals surface area contributed by atoms with Gasteiger partial charge < -0.3 is 47.7 Å². The molecule has 6 rings (SSSR count). The minimum atomic E-state index is -5.15. The fourth-order valence-electron chi connectivity index (χ4n) is 8.65. The number of nitrogens with zero attached hydrogens (tertiary/aromatic N) is 2. The molecule has 350 valence electrons. The number of alkyl halides is 6. The summed E-state index contributed by atoms with van der Waals surface area (Å²) in [6.45, 7) is -0.433. The number of benzene rings is 4. The highest BCUT2D eigenvalue weighted by Gasteiger charge is 2.48. The van der Waals surface area contributed by atoms with Gasteiger partial charge in [-0.05, 0) is 125 Å². The molecule has 18 heteroatoms. The standard InChI is InChI=1S/C47H50F6N2O10/c1-58-36-18-26(30(22-40(36)62-5)16-34-32-24-42(64-7)38(60-3)20-28(32)12-14-54(34)44(56)46(48,49)50)10-9-11-27-19-37(59-2)41(63-6)23-31(27)17-35-33-25-43(65-8)39(61-4)21-29(33)13-15-55(35)45(57)47(51,52)53/h9-10,18-25,34-35H,11-17H2,1-8H3/b10-9+/t34-,35+/m0/s1. The number of hydrogen-bond donors (Lipinski definition) is 0. The smallest absolute Gasteiger partial charge is 0.471 e. The largest absolute Gasteiger partial charge is 0.493 e. The third-order valence-electron chi connectivity index (χ3n) is 11.8. The molecule has 12 nitrogen and oxygen atoms in total. The Hall–Kier alpha value is -6.46. The van der Waals surface area contributed by atoms with E-state index in [1.54, 1.807) is 60.7 Å².